The molecular weight excluding hydrogens is 763 g/mol. The van der Waals surface area contributed by atoms with Crippen LogP contribution in [0.1, 0.15) is 27.7 Å². The molecular formula is C60H51N3. The van der Waals surface area contributed by atoms with Gasteiger partial charge in [-0.25, -0.2) is 0 Å². The Balaban J connectivity index is 0.000000798. The molecule has 3 nitrogen and oxygen atoms in total. The second-order valence-corrected chi connectivity index (χ2v) is 15.2. The fourth-order valence-electron chi connectivity index (χ4n) is 8.72. The molecule has 2 heterocycles. The molecule has 306 valence electrons. The van der Waals surface area contributed by atoms with E-state index < -0.39 is 0 Å². The van der Waals surface area contributed by atoms with Gasteiger partial charge >= 0.3 is 0 Å². The lowest BCUT2D eigenvalue weighted by Crippen LogP contribution is -2.09. The summed E-state index contributed by atoms with van der Waals surface area (Å²) in [6, 6.07) is 80.9. The summed E-state index contributed by atoms with van der Waals surface area (Å²) in [5.74, 6) is 0. The molecule has 0 aliphatic rings. The number of fused-ring (bicyclic) bond motifs is 7. The van der Waals surface area contributed by atoms with Gasteiger partial charge in [0, 0.05) is 50.0 Å². The van der Waals surface area contributed by atoms with E-state index in [0.29, 0.717) is 0 Å². The lowest BCUT2D eigenvalue weighted by Gasteiger charge is -2.25. The maximum absolute atomic E-state index is 2.48. The Kier molecular flexibility index (Phi) is 11.8. The molecule has 0 atom stereocenters. The second kappa shape index (κ2) is 18.4. The number of aromatic nitrogens is 2. The van der Waals surface area contributed by atoms with Crippen molar-refractivity contribution < 1.29 is 0 Å². The monoisotopic (exact) mass is 813 g/mol. The number of rotatable bonds is 7. The number of anilines is 3. The van der Waals surface area contributed by atoms with Gasteiger partial charge in [0.1, 0.15) is 0 Å². The molecule has 0 saturated carbocycles. The van der Waals surface area contributed by atoms with E-state index in [-0.39, 0.29) is 0 Å². The van der Waals surface area contributed by atoms with E-state index in [9.17, 15) is 0 Å². The quantitative estimate of drug-likeness (QED) is 0.146. The highest BCUT2D eigenvalue weighted by Crippen LogP contribution is 2.43. The summed E-state index contributed by atoms with van der Waals surface area (Å²) in [5.41, 5.74) is 15.2. The molecule has 0 N–H and O–H groups in total. The average Bonchev–Trinajstić information content (AvgIpc) is 3.89. The van der Waals surface area contributed by atoms with Gasteiger partial charge in [-0.15, -0.1) is 0 Å². The highest BCUT2D eigenvalue weighted by atomic mass is 15.1. The minimum Gasteiger partial charge on any atom is -0.311 e. The Bertz CT molecular complexity index is 3240. The molecule has 0 aliphatic carbocycles. The van der Waals surface area contributed by atoms with Crippen molar-refractivity contribution in [3.63, 3.8) is 0 Å². The summed E-state index contributed by atoms with van der Waals surface area (Å²) in [4.78, 5) is 2.30. The van der Waals surface area contributed by atoms with Crippen molar-refractivity contribution >= 4 is 60.7 Å². The SMILES string of the molecule is C/C=C\C.CC.c1ccc(-c2ccc(-n3c4ccccc4c4c3ccc3c5ccccc5n(-c5cccc(-c6ccc(N(c7ccccc7)c7ccccc7)cc6)c5)c34)cc2)cc1. The topological polar surface area (TPSA) is 13.1 Å². The molecule has 9 aromatic carbocycles. The summed E-state index contributed by atoms with van der Waals surface area (Å²) < 4.78 is 4.90. The summed E-state index contributed by atoms with van der Waals surface area (Å²) in [7, 11) is 0. The van der Waals surface area contributed by atoms with Crippen LogP contribution in [0, 0.1) is 0 Å². The third-order valence-electron chi connectivity index (χ3n) is 11.6. The van der Waals surface area contributed by atoms with Gasteiger partial charge in [0.2, 0.25) is 0 Å². The van der Waals surface area contributed by atoms with Gasteiger partial charge in [0.25, 0.3) is 0 Å². The van der Waals surface area contributed by atoms with Crippen LogP contribution in [0.3, 0.4) is 0 Å². The fraction of sp³-hybridized carbons (Fsp3) is 0.0667. The van der Waals surface area contributed by atoms with Crippen molar-refractivity contribution in [2.75, 3.05) is 4.90 Å². The molecule has 11 rings (SSSR count). The first-order valence-corrected chi connectivity index (χ1v) is 22.0. The normalized spacial score (nSPS) is 11.1. The summed E-state index contributed by atoms with van der Waals surface area (Å²) >= 11 is 0. The smallest absolute Gasteiger partial charge is 0.0641 e. The Hall–Kier alpha value is -7.88. The maximum Gasteiger partial charge on any atom is 0.0641 e. The third-order valence-corrected chi connectivity index (χ3v) is 11.6. The molecule has 0 aliphatic heterocycles. The number of hydrogen-bond acceptors (Lipinski definition) is 1. The van der Waals surface area contributed by atoms with E-state index in [1.54, 1.807) is 0 Å². The molecule has 0 amide bonds. The molecule has 3 heteroatoms. The Labute approximate surface area is 371 Å². The molecule has 11 aromatic rings. The van der Waals surface area contributed by atoms with Gasteiger partial charge in [-0.1, -0.05) is 172 Å². The zero-order valence-corrected chi connectivity index (χ0v) is 36.4. The Morgan fingerprint density at radius 3 is 1.43 bits per heavy atom. The van der Waals surface area contributed by atoms with Gasteiger partial charge in [0.15, 0.2) is 0 Å². The van der Waals surface area contributed by atoms with Gasteiger partial charge in [-0.2, -0.15) is 0 Å². The average molecular weight is 814 g/mol. The van der Waals surface area contributed by atoms with Crippen molar-refractivity contribution in [3.05, 3.63) is 237 Å². The summed E-state index contributed by atoms with van der Waals surface area (Å²) in [5, 5.41) is 4.98. The van der Waals surface area contributed by atoms with Gasteiger partial charge in [-0.3, -0.25) is 0 Å². The van der Waals surface area contributed by atoms with Gasteiger partial charge in [0.05, 0.1) is 22.1 Å². The van der Waals surface area contributed by atoms with E-state index in [2.05, 4.69) is 238 Å². The van der Waals surface area contributed by atoms with Crippen LogP contribution in [-0.2, 0) is 0 Å². The zero-order valence-electron chi connectivity index (χ0n) is 36.4. The lowest BCUT2D eigenvalue weighted by molar-refractivity contribution is 1.17. The molecule has 0 saturated heterocycles. The van der Waals surface area contributed by atoms with Crippen molar-refractivity contribution in [1.82, 2.24) is 9.13 Å². The molecule has 0 radical (unpaired) electrons. The van der Waals surface area contributed by atoms with Gasteiger partial charge < -0.3 is 14.0 Å². The molecule has 0 spiro atoms. The van der Waals surface area contributed by atoms with E-state index in [1.165, 1.54) is 65.9 Å². The minimum atomic E-state index is 1.11. The van der Waals surface area contributed by atoms with Crippen LogP contribution in [0.25, 0.3) is 77.2 Å². The van der Waals surface area contributed by atoms with E-state index in [0.717, 1.165) is 28.4 Å². The van der Waals surface area contributed by atoms with E-state index in [4.69, 9.17) is 0 Å². The lowest BCUT2D eigenvalue weighted by atomic mass is 10.0. The Morgan fingerprint density at radius 1 is 0.333 bits per heavy atom. The van der Waals surface area contributed by atoms with Crippen LogP contribution in [0.2, 0.25) is 0 Å². The minimum absolute atomic E-state index is 1.11. The van der Waals surface area contributed by atoms with Crippen LogP contribution in [0.15, 0.2) is 237 Å². The number of benzene rings is 9. The van der Waals surface area contributed by atoms with E-state index >= 15 is 0 Å². The van der Waals surface area contributed by atoms with Crippen molar-refractivity contribution in [2.45, 2.75) is 27.7 Å². The zero-order chi connectivity index (χ0) is 43.1. The molecule has 63 heavy (non-hydrogen) atoms. The first-order chi connectivity index (χ1) is 31.2. The van der Waals surface area contributed by atoms with Crippen LogP contribution < -0.4 is 4.90 Å². The molecule has 0 fully saturated rings. The highest BCUT2D eigenvalue weighted by Gasteiger charge is 2.21. The van der Waals surface area contributed by atoms with Crippen molar-refractivity contribution in [3.8, 4) is 33.6 Å². The Morgan fingerprint density at radius 2 is 0.810 bits per heavy atom. The standard InChI is InChI=1S/C54H37N3.C4H8.C2H6/c1-4-15-38(16-5-1)39-27-33-45(34-28-39)56-51-26-13-11-24-49(51)53-52(56)36-35-48-47-23-10-12-25-50(47)57(54(48)53)46-22-14-17-41(37-46)40-29-31-44(32-30-40)55(42-18-6-2-7-19-42)43-20-8-3-9-21-43;1-3-4-2;1-2/h1-37H;3-4H,1-2H3;1-2H3/b;4-3-;. The molecule has 0 bridgehead atoms. The number of allylic oxidation sites excluding steroid dienone is 2. The predicted octanol–water partition coefficient (Wildman–Crippen LogP) is 17.3. The first-order valence-electron chi connectivity index (χ1n) is 22.0. The first kappa shape index (κ1) is 40.5. The maximum atomic E-state index is 2.48. The van der Waals surface area contributed by atoms with Crippen LogP contribution in [-0.4, -0.2) is 9.13 Å². The van der Waals surface area contributed by atoms with Crippen molar-refractivity contribution in [2.24, 2.45) is 0 Å². The molecule has 0 unspecified atom stereocenters. The van der Waals surface area contributed by atoms with Crippen LogP contribution >= 0.6 is 0 Å². The number of para-hydroxylation sites is 4. The van der Waals surface area contributed by atoms with Gasteiger partial charge in [-0.05, 0) is 115 Å². The second-order valence-electron chi connectivity index (χ2n) is 15.2. The predicted molar refractivity (Wildman–Crippen MR) is 273 cm³/mol. The third kappa shape index (κ3) is 7.71. The van der Waals surface area contributed by atoms with Crippen molar-refractivity contribution in [1.29, 1.82) is 0 Å². The molecule has 2 aromatic heterocycles. The fourth-order valence-corrected chi connectivity index (χ4v) is 8.72. The summed E-state index contributed by atoms with van der Waals surface area (Å²) in [6.45, 7) is 8.00. The largest absolute Gasteiger partial charge is 0.311 e. The number of nitrogens with zero attached hydrogens (tertiary/aromatic N) is 3. The summed E-state index contributed by atoms with van der Waals surface area (Å²) in [6.07, 6.45) is 4.00. The van der Waals surface area contributed by atoms with Crippen LogP contribution in [0.4, 0.5) is 17.1 Å². The van der Waals surface area contributed by atoms with Crippen LogP contribution in [0.5, 0.6) is 0 Å². The van der Waals surface area contributed by atoms with E-state index in [1.807, 2.05) is 39.8 Å². The number of hydrogen-bond donors (Lipinski definition) is 0. The highest BCUT2D eigenvalue weighted by molar-refractivity contribution is 6.26.